The van der Waals surface area contributed by atoms with Crippen LogP contribution in [0, 0.1) is 0 Å². The number of carbonyl (C=O) groups is 1. The first-order chi connectivity index (χ1) is 6.77. The Kier molecular flexibility index (Phi) is 2.35. The summed E-state index contributed by atoms with van der Waals surface area (Å²) < 4.78 is 4.71. The summed E-state index contributed by atoms with van der Waals surface area (Å²) >= 11 is 0. The summed E-state index contributed by atoms with van der Waals surface area (Å²) in [6, 6.07) is 1.52. The van der Waals surface area contributed by atoms with Crippen molar-refractivity contribution in [3.05, 3.63) is 29.7 Å². The van der Waals surface area contributed by atoms with Crippen molar-refractivity contribution in [2.24, 2.45) is 0 Å². The zero-order valence-electron chi connectivity index (χ0n) is 7.64. The fraction of sp³-hybridized carbons (Fsp3) is 0.400. The van der Waals surface area contributed by atoms with Crippen molar-refractivity contribution in [3.8, 4) is 0 Å². The third kappa shape index (κ3) is 1.69. The maximum absolute atomic E-state index is 10.5. The first-order valence-corrected chi connectivity index (χ1v) is 4.62. The number of hydrogen-bond acceptors (Lipinski definition) is 3. The van der Waals surface area contributed by atoms with Gasteiger partial charge in [0.2, 0.25) is 5.76 Å². The van der Waals surface area contributed by atoms with Crippen LogP contribution < -0.4 is 0 Å². The van der Waals surface area contributed by atoms with Crippen LogP contribution in [0.25, 0.3) is 0 Å². The molecule has 1 heterocycles. The number of allylic oxidation sites excluding steroid dienone is 2. The highest BCUT2D eigenvalue weighted by atomic mass is 16.5. The Hall–Kier alpha value is -1.58. The molecule has 1 unspecified atom stereocenters. The quantitative estimate of drug-likeness (QED) is 0.731. The van der Waals surface area contributed by atoms with E-state index in [0.29, 0.717) is 5.92 Å². The van der Waals surface area contributed by atoms with E-state index < -0.39 is 5.97 Å². The molecule has 1 aromatic heterocycles. The number of rotatable bonds is 2. The third-order valence-corrected chi connectivity index (χ3v) is 2.43. The van der Waals surface area contributed by atoms with Gasteiger partial charge in [0.05, 0.1) is 5.69 Å². The molecule has 74 valence electrons. The Morgan fingerprint density at radius 1 is 1.57 bits per heavy atom. The van der Waals surface area contributed by atoms with Gasteiger partial charge in [-0.2, -0.15) is 0 Å². The van der Waals surface area contributed by atoms with E-state index in [2.05, 4.69) is 17.3 Å². The van der Waals surface area contributed by atoms with Gasteiger partial charge in [0.1, 0.15) is 0 Å². The molecule has 4 nitrogen and oxygen atoms in total. The van der Waals surface area contributed by atoms with E-state index in [1.165, 1.54) is 6.07 Å². The van der Waals surface area contributed by atoms with Crippen LogP contribution in [0.4, 0.5) is 0 Å². The minimum Gasteiger partial charge on any atom is -0.475 e. The molecule has 0 bridgehead atoms. The lowest BCUT2D eigenvalue weighted by Gasteiger charge is -2.13. The number of aromatic carboxylic acids is 1. The summed E-state index contributed by atoms with van der Waals surface area (Å²) in [5.41, 5.74) is 0.756. The van der Waals surface area contributed by atoms with E-state index in [1.807, 2.05) is 0 Å². The van der Waals surface area contributed by atoms with Crippen LogP contribution in [-0.2, 0) is 0 Å². The average molecular weight is 193 g/mol. The summed E-state index contributed by atoms with van der Waals surface area (Å²) in [7, 11) is 0. The van der Waals surface area contributed by atoms with E-state index in [9.17, 15) is 4.79 Å². The predicted molar refractivity (Wildman–Crippen MR) is 49.2 cm³/mol. The molecule has 0 fully saturated rings. The van der Waals surface area contributed by atoms with Gasteiger partial charge in [-0.05, 0) is 19.3 Å². The van der Waals surface area contributed by atoms with E-state index in [-0.39, 0.29) is 5.76 Å². The van der Waals surface area contributed by atoms with Gasteiger partial charge in [-0.25, -0.2) is 4.79 Å². The molecule has 1 aliphatic carbocycles. The van der Waals surface area contributed by atoms with Crippen LogP contribution in [-0.4, -0.2) is 16.2 Å². The fourth-order valence-electron chi connectivity index (χ4n) is 1.64. The monoisotopic (exact) mass is 193 g/mol. The molecule has 1 aliphatic rings. The van der Waals surface area contributed by atoms with Gasteiger partial charge in [0.25, 0.3) is 0 Å². The molecule has 1 N–H and O–H groups in total. The third-order valence-electron chi connectivity index (χ3n) is 2.43. The molecular formula is C10H11NO3. The molecule has 0 spiro atoms. The standard InChI is InChI=1S/C10H11NO3/c12-10(13)9-6-8(11-14-9)7-4-2-1-3-5-7/h1-2,6-7H,3-5H2,(H,12,13). The van der Waals surface area contributed by atoms with E-state index >= 15 is 0 Å². The minimum absolute atomic E-state index is 0.0745. The average Bonchev–Trinajstić information content (AvgIpc) is 2.68. The Morgan fingerprint density at radius 3 is 3.00 bits per heavy atom. The van der Waals surface area contributed by atoms with Gasteiger partial charge in [-0.1, -0.05) is 17.3 Å². The number of nitrogens with zero attached hydrogens (tertiary/aromatic N) is 1. The molecule has 0 aromatic carbocycles. The highest BCUT2D eigenvalue weighted by Gasteiger charge is 2.19. The molecule has 0 radical (unpaired) electrons. The SMILES string of the molecule is O=C(O)c1cc(C2CC=CCC2)no1. The largest absolute Gasteiger partial charge is 0.475 e. The zero-order chi connectivity index (χ0) is 9.97. The maximum atomic E-state index is 10.5. The second kappa shape index (κ2) is 3.65. The van der Waals surface area contributed by atoms with Crippen molar-refractivity contribution in [2.75, 3.05) is 0 Å². The molecule has 2 rings (SSSR count). The fourth-order valence-corrected chi connectivity index (χ4v) is 1.64. The lowest BCUT2D eigenvalue weighted by Crippen LogP contribution is -2.00. The lowest BCUT2D eigenvalue weighted by atomic mass is 9.91. The van der Waals surface area contributed by atoms with Crippen LogP contribution in [0.3, 0.4) is 0 Å². The second-order valence-electron chi connectivity index (χ2n) is 3.40. The second-order valence-corrected chi connectivity index (χ2v) is 3.40. The Bertz CT molecular complexity index is 367. The van der Waals surface area contributed by atoms with Crippen LogP contribution in [0.15, 0.2) is 22.7 Å². The molecule has 0 saturated heterocycles. The van der Waals surface area contributed by atoms with Gasteiger partial charge in [-0.15, -0.1) is 0 Å². The number of hydrogen-bond donors (Lipinski definition) is 1. The van der Waals surface area contributed by atoms with Crippen molar-refractivity contribution in [1.29, 1.82) is 0 Å². The smallest absolute Gasteiger partial charge is 0.374 e. The first-order valence-electron chi connectivity index (χ1n) is 4.62. The van der Waals surface area contributed by atoms with Gasteiger partial charge >= 0.3 is 5.97 Å². The first kappa shape index (κ1) is 8.99. The van der Waals surface area contributed by atoms with Crippen molar-refractivity contribution < 1.29 is 14.4 Å². The molecular weight excluding hydrogens is 182 g/mol. The molecule has 14 heavy (non-hydrogen) atoms. The summed E-state index contributed by atoms with van der Waals surface area (Å²) in [5, 5.41) is 12.4. The summed E-state index contributed by atoms with van der Waals surface area (Å²) in [6.07, 6.45) is 7.20. The highest BCUT2D eigenvalue weighted by Crippen LogP contribution is 2.28. The minimum atomic E-state index is -1.06. The van der Waals surface area contributed by atoms with E-state index in [0.717, 1.165) is 25.0 Å². The predicted octanol–water partition coefficient (Wildman–Crippen LogP) is 2.20. The van der Waals surface area contributed by atoms with Crippen LogP contribution in [0.1, 0.15) is 41.4 Å². The maximum Gasteiger partial charge on any atom is 0.374 e. The van der Waals surface area contributed by atoms with Crippen molar-refractivity contribution in [2.45, 2.75) is 25.2 Å². The number of carboxylic acid groups (broad SMARTS) is 1. The summed E-state index contributed by atoms with van der Waals surface area (Å²) in [4.78, 5) is 10.5. The molecule has 1 aromatic rings. The molecule has 0 saturated carbocycles. The Morgan fingerprint density at radius 2 is 2.43 bits per heavy atom. The summed E-state index contributed by atoms with van der Waals surface area (Å²) in [5.74, 6) is -0.818. The van der Waals surface area contributed by atoms with E-state index in [1.54, 1.807) is 0 Å². The molecule has 0 aliphatic heterocycles. The topological polar surface area (TPSA) is 63.3 Å². The Labute approximate surface area is 81.2 Å². The van der Waals surface area contributed by atoms with Gasteiger partial charge in [-0.3, -0.25) is 0 Å². The Balaban J connectivity index is 2.16. The van der Waals surface area contributed by atoms with Crippen LogP contribution in [0.2, 0.25) is 0 Å². The van der Waals surface area contributed by atoms with Gasteiger partial charge in [0, 0.05) is 12.0 Å². The summed E-state index contributed by atoms with van der Waals surface area (Å²) in [6.45, 7) is 0. The highest BCUT2D eigenvalue weighted by molar-refractivity contribution is 5.84. The zero-order valence-corrected chi connectivity index (χ0v) is 7.64. The number of aromatic nitrogens is 1. The van der Waals surface area contributed by atoms with Crippen molar-refractivity contribution in [3.63, 3.8) is 0 Å². The normalized spacial score (nSPS) is 21.0. The molecule has 4 heteroatoms. The number of carboxylic acids is 1. The van der Waals surface area contributed by atoms with Crippen molar-refractivity contribution >= 4 is 5.97 Å². The molecule has 1 atom stereocenters. The lowest BCUT2D eigenvalue weighted by molar-refractivity contribution is 0.0652. The van der Waals surface area contributed by atoms with E-state index in [4.69, 9.17) is 9.63 Å². The molecule has 0 amide bonds. The van der Waals surface area contributed by atoms with Crippen molar-refractivity contribution in [1.82, 2.24) is 5.16 Å². The van der Waals surface area contributed by atoms with Crippen LogP contribution >= 0.6 is 0 Å². The van der Waals surface area contributed by atoms with Gasteiger partial charge in [0.15, 0.2) is 0 Å². The van der Waals surface area contributed by atoms with Gasteiger partial charge < -0.3 is 9.63 Å². The van der Waals surface area contributed by atoms with Crippen LogP contribution in [0.5, 0.6) is 0 Å².